The highest BCUT2D eigenvalue weighted by Gasteiger charge is 2.23. The largest absolute Gasteiger partial charge is 0.391 e. The van der Waals surface area contributed by atoms with Crippen molar-refractivity contribution in [2.75, 3.05) is 0 Å². The van der Waals surface area contributed by atoms with Gasteiger partial charge in [0.1, 0.15) is 10.8 Å². The molecule has 2 rings (SSSR count). The maximum atomic E-state index is 12.6. The molecule has 5 nitrogen and oxygen atoms in total. The van der Waals surface area contributed by atoms with E-state index < -0.39 is 18.7 Å². The summed E-state index contributed by atoms with van der Waals surface area (Å²) in [5.74, 6) is 0.208. The number of alkyl halides is 2. The van der Waals surface area contributed by atoms with Crippen LogP contribution in [-0.4, -0.2) is 25.1 Å². The summed E-state index contributed by atoms with van der Waals surface area (Å²) in [6.07, 6.45) is -1.38. The molecule has 90 valence electrons. The minimum atomic E-state index is -2.81. The number of aromatic nitrogens is 4. The van der Waals surface area contributed by atoms with Crippen LogP contribution < -0.4 is 0 Å². The van der Waals surface area contributed by atoms with Crippen molar-refractivity contribution in [2.24, 2.45) is 0 Å². The van der Waals surface area contributed by atoms with Crippen molar-refractivity contribution < 1.29 is 13.9 Å². The van der Waals surface area contributed by atoms with Gasteiger partial charge in [-0.25, -0.2) is 13.5 Å². The molecule has 0 amide bonds. The van der Waals surface area contributed by atoms with Crippen LogP contribution >= 0.6 is 11.6 Å². The summed E-state index contributed by atoms with van der Waals surface area (Å²) in [5.41, 5.74) is -0.657. The Labute approximate surface area is 99.7 Å². The highest BCUT2D eigenvalue weighted by atomic mass is 35.5. The van der Waals surface area contributed by atoms with Crippen LogP contribution in [0, 0.1) is 0 Å². The maximum absolute atomic E-state index is 12.6. The topological polar surface area (TPSA) is 63.8 Å². The SMILES string of the molecule is OCc1c(C(F)F)nn(-c2cccnn2)c1Cl. The first kappa shape index (κ1) is 11.9. The van der Waals surface area contributed by atoms with Crippen LogP contribution in [0.5, 0.6) is 0 Å². The first-order chi connectivity index (χ1) is 8.15. The molecule has 2 heterocycles. The molecule has 0 aliphatic carbocycles. The molecule has 17 heavy (non-hydrogen) atoms. The van der Waals surface area contributed by atoms with Crippen LogP contribution in [0.15, 0.2) is 18.3 Å². The molecule has 0 radical (unpaired) electrons. The lowest BCUT2D eigenvalue weighted by molar-refractivity contribution is 0.141. The Bertz CT molecular complexity index is 517. The average Bonchev–Trinajstić information content (AvgIpc) is 2.67. The molecule has 0 bridgehead atoms. The van der Waals surface area contributed by atoms with E-state index in [0.717, 1.165) is 4.68 Å². The first-order valence-corrected chi connectivity index (χ1v) is 4.97. The Kier molecular flexibility index (Phi) is 3.30. The first-order valence-electron chi connectivity index (χ1n) is 4.59. The van der Waals surface area contributed by atoms with Gasteiger partial charge in [0, 0.05) is 11.8 Å². The second-order valence-electron chi connectivity index (χ2n) is 3.11. The molecule has 2 aromatic heterocycles. The lowest BCUT2D eigenvalue weighted by atomic mass is 10.3. The Balaban J connectivity index is 2.57. The second-order valence-corrected chi connectivity index (χ2v) is 3.47. The van der Waals surface area contributed by atoms with Gasteiger partial charge in [0.2, 0.25) is 0 Å². The predicted molar refractivity (Wildman–Crippen MR) is 55.0 cm³/mol. The van der Waals surface area contributed by atoms with Crippen molar-refractivity contribution >= 4 is 11.6 Å². The normalized spacial score (nSPS) is 11.1. The molecule has 0 unspecified atom stereocenters. The monoisotopic (exact) mass is 260 g/mol. The number of hydrogen-bond acceptors (Lipinski definition) is 4. The fraction of sp³-hybridized carbons (Fsp3) is 0.222. The van der Waals surface area contributed by atoms with E-state index in [1.54, 1.807) is 6.07 Å². The number of aliphatic hydroxyl groups excluding tert-OH is 1. The summed E-state index contributed by atoms with van der Waals surface area (Å²) in [5, 5.41) is 19.8. The molecule has 0 saturated carbocycles. The zero-order valence-corrected chi connectivity index (χ0v) is 9.14. The van der Waals surface area contributed by atoms with Crippen LogP contribution in [0.1, 0.15) is 17.7 Å². The number of halogens is 3. The lowest BCUT2D eigenvalue weighted by Gasteiger charge is -1.99. The molecule has 0 atom stereocenters. The van der Waals surface area contributed by atoms with Gasteiger partial charge in [-0.05, 0) is 12.1 Å². The standard InChI is InChI=1S/C9H7ClF2N4O/c10-8-5(4-17)7(9(11)12)15-16(8)6-2-1-3-13-14-6/h1-3,9,17H,4H2. The van der Waals surface area contributed by atoms with Gasteiger partial charge in [-0.15, -0.1) is 5.10 Å². The summed E-state index contributed by atoms with van der Waals surface area (Å²) in [4.78, 5) is 0. The molecular formula is C9H7ClF2N4O. The minimum absolute atomic E-state index is 0.0942. The quantitative estimate of drug-likeness (QED) is 0.913. The highest BCUT2D eigenvalue weighted by molar-refractivity contribution is 6.30. The summed E-state index contributed by atoms with van der Waals surface area (Å²) < 4.78 is 26.3. The van der Waals surface area contributed by atoms with Crippen molar-refractivity contribution in [3.05, 3.63) is 34.7 Å². The van der Waals surface area contributed by atoms with Crippen molar-refractivity contribution in [2.45, 2.75) is 13.0 Å². The Morgan fingerprint density at radius 2 is 2.24 bits per heavy atom. The lowest BCUT2D eigenvalue weighted by Crippen LogP contribution is -2.01. The number of hydrogen-bond donors (Lipinski definition) is 1. The van der Waals surface area contributed by atoms with Gasteiger partial charge in [-0.2, -0.15) is 10.2 Å². The molecular weight excluding hydrogens is 254 g/mol. The molecule has 8 heteroatoms. The molecule has 0 aliphatic rings. The van der Waals surface area contributed by atoms with Crippen molar-refractivity contribution in [3.63, 3.8) is 0 Å². The van der Waals surface area contributed by atoms with E-state index in [-0.39, 0.29) is 16.5 Å². The van der Waals surface area contributed by atoms with Gasteiger partial charge in [0.15, 0.2) is 5.82 Å². The summed E-state index contributed by atoms with van der Waals surface area (Å²) >= 11 is 5.85. The van der Waals surface area contributed by atoms with E-state index in [2.05, 4.69) is 15.3 Å². The van der Waals surface area contributed by atoms with Gasteiger partial charge in [0.05, 0.1) is 6.61 Å². The van der Waals surface area contributed by atoms with Crippen molar-refractivity contribution in [3.8, 4) is 5.82 Å². The Morgan fingerprint density at radius 1 is 1.47 bits per heavy atom. The van der Waals surface area contributed by atoms with E-state index in [0.29, 0.717) is 0 Å². The Hall–Kier alpha value is -1.60. The van der Waals surface area contributed by atoms with Crippen LogP contribution in [-0.2, 0) is 6.61 Å². The summed E-state index contributed by atoms with van der Waals surface area (Å²) in [7, 11) is 0. The Morgan fingerprint density at radius 3 is 2.71 bits per heavy atom. The van der Waals surface area contributed by atoms with E-state index in [9.17, 15) is 8.78 Å². The van der Waals surface area contributed by atoms with E-state index in [4.69, 9.17) is 16.7 Å². The van der Waals surface area contributed by atoms with E-state index in [1.807, 2.05) is 0 Å². The zero-order chi connectivity index (χ0) is 12.4. The van der Waals surface area contributed by atoms with Crippen LogP contribution in [0.4, 0.5) is 8.78 Å². The third kappa shape index (κ3) is 2.11. The zero-order valence-electron chi connectivity index (χ0n) is 8.39. The molecule has 0 saturated heterocycles. The van der Waals surface area contributed by atoms with E-state index >= 15 is 0 Å². The number of rotatable bonds is 3. The van der Waals surface area contributed by atoms with E-state index in [1.165, 1.54) is 12.3 Å². The maximum Gasteiger partial charge on any atom is 0.282 e. The predicted octanol–water partition coefficient (Wildman–Crippen LogP) is 1.75. The van der Waals surface area contributed by atoms with Gasteiger partial charge in [-0.1, -0.05) is 11.6 Å². The second kappa shape index (κ2) is 4.72. The van der Waals surface area contributed by atoms with Gasteiger partial charge in [-0.3, -0.25) is 0 Å². The molecule has 0 fully saturated rings. The minimum Gasteiger partial charge on any atom is -0.391 e. The molecule has 0 aliphatic heterocycles. The smallest absolute Gasteiger partial charge is 0.282 e. The van der Waals surface area contributed by atoms with Crippen LogP contribution in [0.3, 0.4) is 0 Å². The fourth-order valence-electron chi connectivity index (χ4n) is 1.33. The van der Waals surface area contributed by atoms with Gasteiger partial charge in [0.25, 0.3) is 6.43 Å². The third-order valence-corrected chi connectivity index (χ3v) is 2.48. The average molecular weight is 261 g/mol. The summed E-state index contributed by atoms with van der Waals surface area (Å²) in [6.45, 7) is -0.612. The third-order valence-electron chi connectivity index (χ3n) is 2.09. The number of aliphatic hydroxyl groups is 1. The van der Waals surface area contributed by atoms with Gasteiger partial charge < -0.3 is 5.11 Å². The van der Waals surface area contributed by atoms with Crippen molar-refractivity contribution in [1.82, 2.24) is 20.0 Å². The molecule has 2 aromatic rings. The van der Waals surface area contributed by atoms with Crippen molar-refractivity contribution in [1.29, 1.82) is 0 Å². The van der Waals surface area contributed by atoms with Crippen LogP contribution in [0.25, 0.3) is 5.82 Å². The molecule has 1 N–H and O–H groups in total. The summed E-state index contributed by atoms with van der Waals surface area (Å²) in [6, 6.07) is 3.09. The fourth-order valence-corrected chi connectivity index (χ4v) is 1.61. The number of nitrogens with zero attached hydrogens (tertiary/aromatic N) is 4. The highest BCUT2D eigenvalue weighted by Crippen LogP contribution is 2.29. The molecule has 0 spiro atoms. The van der Waals surface area contributed by atoms with Crippen LogP contribution in [0.2, 0.25) is 5.15 Å². The molecule has 0 aromatic carbocycles. The van der Waals surface area contributed by atoms with Gasteiger partial charge >= 0.3 is 0 Å².